The smallest absolute Gasteiger partial charge is 0.111 e. The van der Waals surface area contributed by atoms with Gasteiger partial charge in [-0.2, -0.15) is 0 Å². The average molecular weight is 252 g/mol. The highest BCUT2D eigenvalue weighted by Gasteiger charge is 2.17. The van der Waals surface area contributed by atoms with Crippen LogP contribution in [0.3, 0.4) is 0 Å². The fourth-order valence-electron chi connectivity index (χ4n) is 2.86. The van der Waals surface area contributed by atoms with Gasteiger partial charge in [-0.1, -0.05) is 42.8 Å². The van der Waals surface area contributed by atoms with Crippen LogP contribution in [0, 0.1) is 6.92 Å². The molecule has 1 aromatic carbocycles. The van der Waals surface area contributed by atoms with Crippen molar-refractivity contribution in [1.29, 1.82) is 0 Å². The number of hydrogen-bond donors (Lipinski definition) is 0. The number of benzene rings is 1. The zero-order chi connectivity index (χ0) is 13.1. The highest BCUT2D eigenvalue weighted by Crippen LogP contribution is 2.34. The summed E-state index contributed by atoms with van der Waals surface area (Å²) in [6, 6.07) is 14.9. The molecule has 1 nitrogen and oxygen atoms in total. The second-order valence-electron chi connectivity index (χ2n) is 5.36. The van der Waals surface area contributed by atoms with Crippen molar-refractivity contribution in [2.75, 3.05) is 0 Å². The van der Waals surface area contributed by atoms with Crippen molar-refractivity contribution in [2.24, 2.45) is 0 Å². The summed E-state index contributed by atoms with van der Waals surface area (Å²) in [4.78, 5) is 0. The zero-order valence-electron chi connectivity index (χ0n) is 11.4. The Morgan fingerprint density at radius 1 is 1.00 bits per heavy atom. The minimum atomic E-state index is 0.436. The first-order valence-corrected chi connectivity index (χ1v) is 7.15. The molecule has 19 heavy (non-hydrogen) atoms. The molecule has 0 saturated heterocycles. The molecule has 0 radical (unpaired) electrons. The van der Waals surface area contributed by atoms with Crippen LogP contribution < -0.4 is 0 Å². The van der Waals surface area contributed by atoms with E-state index in [1.807, 2.05) is 6.92 Å². The van der Waals surface area contributed by atoms with E-state index in [4.69, 9.17) is 4.42 Å². The van der Waals surface area contributed by atoms with Crippen LogP contribution in [0.5, 0.6) is 0 Å². The van der Waals surface area contributed by atoms with Gasteiger partial charge in [-0.05, 0) is 49.5 Å². The molecule has 1 unspecified atom stereocenters. The van der Waals surface area contributed by atoms with Crippen molar-refractivity contribution in [3.63, 3.8) is 0 Å². The van der Waals surface area contributed by atoms with Gasteiger partial charge >= 0.3 is 0 Å². The molecular formula is C18H20O. The van der Waals surface area contributed by atoms with Gasteiger partial charge in [0.1, 0.15) is 11.5 Å². The summed E-state index contributed by atoms with van der Waals surface area (Å²) in [6.45, 7) is 2.02. The largest absolute Gasteiger partial charge is 0.466 e. The van der Waals surface area contributed by atoms with E-state index in [9.17, 15) is 0 Å². The van der Waals surface area contributed by atoms with Crippen molar-refractivity contribution in [3.05, 3.63) is 65.6 Å². The third kappa shape index (κ3) is 2.81. The van der Waals surface area contributed by atoms with Crippen LogP contribution in [0.15, 0.2) is 53.0 Å². The number of rotatable bonds is 2. The molecule has 0 fully saturated rings. The van der Waals surface area contributed by atoms with Gasteiger partial charge in [0.15, 0.2) is 0 Å². The molecule has 1 aromatic heterocycles. The summed E-state index contributed by atoms with van der Waals surface area (Å²) in [7, 11) is 0. The molecular weight excluding hydrogens is 232 g/mol. The molecule has 0 N–H and O–H groups in total. The molecule has 0 bridgehead atoms. The maximum Gasteiger partial charge on any atom is 0.111 e. The zero-order valence-corrected chi connectivity index (χ0v) is 11.4. The minimum Gasteiger partial charge on any atom is -0.466 e. The fourth-order valence-corrected chi connectivity index (χ4v) is 2.86. The minimum absolute atomic E-state index is 0.436. The summed E-state index contributed by atoms with van der Waals surface area (Å²) in [5, 5.41) is 0. The van der Waals surface area contributed by atoms with Gasteiger partial charge in [-0.15, -0.1) is 0 Å². The molecule has 98 valence electrons. The Hall–Kier alpha value is -1.76. The standard InChI is InChI=1S/C18H20O/c1-14-11-12-18(19-14)17-10-6-5-9-16(13-17)15-7-3-2-4-8-15/h2-4,7-8,11-13,17H,5-6,9-10H2,1H3. The van der Waals surface area contributed by atoms with E-state index < -0.39 is 0 Å². The third-order valence-electron chi connectivity index (χ3n) is 3.88. The van der Waals surface area contributed by atoms with Crippen molar-refractivity contribution < 1.29 is 4.42 Å². The van der Waals surface area contributed by atoms with Gasteiger partial charge in [-0.3, -0.25) is 0 Å². The van der Waals surface area contributed by atoms with Gasteiger partial charge < -0.3 is 4.42 Å². The molecule has 1 aliphatic rings. The monoisotopic (exact) mass is 252 g/mol. The van der Waals surface area contributed by atoms with Crippen LogP contribution in [-0.2, 0) is 0 Å². The lowest BCUT2D eigenvalue weighted by molar-refractivity contribution is 0.454. The summed E-state index contributed by atoms with van der Waals surface area (Å²) in [6.07, 6.45) is 7.35. The average Bonchev–Trinajstić information content (AvgIpc) is 2.74. The predicted octanol–water partition coefficient (Wildman–Crippen LogP) is 5.33. The fraction of sp³-hybridized carbons (Fsp3) is 0.333. The van der Waals surface area contributed by atoms with E-state index in [2.05, 4.69) is 48.5 Å². The predicted molar refractivity (Wildman–Crippen MR) is 79.1 cm³/mol. The van der Waals surface area contributed by atoms with Crippen LogP contribution in [0.25, 0.3) is 5.57 Å². The van der Waals surface area contributed by atoms with Crippen LogP contribution in [0.2, 0.25) is 0 Å². The molecule has 0 aliphatic heterocycles. The molecule has 1 heterocycles. The van der Waals surface area contributed by atoms with E-state index in [-0.39, 0.29) is 0 Å². The SMILES string of the molecule is Cc1ccc(C2C=C(c3ccccc3)CCCC2)o1. The molecule has 0 saturated carbocycles. The molecule has 1 heteroatoms. The molecule has 2 aromatic rings. The highest BCUT2D eigenvalue weighted by molar-refractivity contribution is 5.66. The lowest BCUT2D eigenvalue weighted by Gasteiger charge is -2.09. The van der Waals surface area contributed by atoms with E-state index in [1.54, 1.807) is 0 Å². The Balaban J connectivity index is 1.92. The van der Waals surface area contributed by atoms with Crippen molar-refractivity contribution in [1.82, 2.24) is 0 Å². The summed E-state index contributed by atoms with van der Waals surface area (Å²) in [5.41, 5.74) is 2.83. The van der Waals surface area contributed by atoms with Crippen LogP contribution in [0.1, 0.15) is 48.7 Å². The highest BCUT2D eigenvalue weighted by atomic mass is 16.3. The topological polar surface area (TPSA) is 13.1 Å². The number of allylic oxidation sites excluding steroid dienone is 2. The van der Waals surface area contributed by atoms with Gasteiger partial charge in [0.25, 0.3) is 0 Å². The van der Waals surface area contributed by atoms with E-state index in [0.717, 1.165) is 11.5 Å². The molecule has 1 aliphatic carbocycles. The van der Waals surface area contributed by atoms with E-state index in [0.29, 0.717) is 5.92 Å². The van der Waals surface area contributed by atoms with Crippen molar-refractivity contribution in [2.45, 2.75) is 38.5 Å². The normalized spacial score (nSPS) is 19.8. The lowest BCUT2D eigenvalue weighted by atomic mass is 9.97. The van der Waals surface area contributed by atoms with Crippen LogP contribution in [-0.4, -0.2) is 0 Å². The maximum absolute atomic E-state index is 5.82. The van der Waals surface area contributed by atoms with Gasteiger partial charge in [0, 0.05) is 5.92 Å². The van der Waals surface area contributed by atoms with Crippen LogP contribution in [0.4, 0.5) is 0 Å². The molecule has 0 spiro atoms. The Bertz CT molecular complexity index is 562. The van der Waals surface area contributed by atoms with Crippen molar-refractivity contribution in [3.8, 4) is 0 Å². The third-order valence-corrected chi connectivity index (χ3v) is 3.88. The Morgan fingerprint density at radius 3 is 2.58 bits per heavy atom. The van der Waals surface area contributed by atoms with Gasteiger partial charge in [0.2, 0.25) is 0 Å². The Labute approximate surface area is 115 Å². The molecule has 0 amide bonds. The molecule has 3 rings (SSSR count). The molecule has 1 atom stereocenters. The first-order valence-electron chi connectivity index (χ1n) is 7.15. The van der Waals surface area contributed by atoms with Crippen molar-refractivity contribution >= 4 is 5.57 Å². The van der Waals surface area contributed by atoms with Gasteiger partial charge in [0.05, 0.1) is 0 Å². The maximum atomic E-state index is 5.82. The van der Waals surface area contributed by atoms with Gasteiger partial charge in [-0.25, -0.2) is 0 Å². The number of hydrogen-bond acceptors (Lipinski definition) is 1. The second-order valence-corrected chi connectivity index (χ2v) is 5.36. The number of furan rings is 1. The summed E-state index contributed by atoms with van der Waals surface area (Å²) >= 11 is 0. The second kappa shape index (κ2) is 5.48. The quantitative estimate of drug-likeness (QED) is 0.704. The summed E-state index contributed by atoms with van der Waals surface area (Å²) < 4.78 is 5.82. The first kappa shape index (κ1) is 12.3. The van der Waals surface area contributed by atoms with E-state index in [1.165, 1.54) is 36.8 Å². The Kier molecular flexibility index (Phi) is 3.54. The summed E-state index contributed by atoms with van der Waals surface area (Å²) in [5.74, 6) is 2.56. The Morgan fingerprint density at radius 2 is 1.84 bits per heavy atom. The first-order chi connectivity index (χ1) is 9.33. The lowest BCUT2D eigenvalue weighted by Crippen LogP contribution is -1.92. The number of aryl methyl sites for hydroxylation is 1. The van der Waals surface area contributed by atoms with Crippen LogP contribution >= 0.6 is 0 Å². The van der Waals surface area contributed by atoms with E-state index >= 15 is 0 Å².